The van der Waals surface area contributed by atoms with Crippen molar-refractivity contribution >= 4 is 32.3 Å². The summed E-state index contributed by atoms with van der Waals surface area (Å²) in [5.41, 5.74) is 0.198. The molecule has 0 atom stereocenters. The summed E-state index contributed by atoms with van der Waals surface area (Å²) in [7, 11) is 0. The summed E-state index contributed by atoms with van der Waals surface area (Å²) < 4.78 is 0. The first-order valence-electron chi connectivity index (χ1n) is 9.58. The highest BCUT2D eigenvalue weighted by molar-refractivity contribution is 6.26. The van der Waals surface area contributed by atoms with Gasteiger partial charge in [-0.2, -0.15) is 0 Å². The summed E-state index contributed by atoms with van der Waals surface area (Å²) in [6.45, 7) is 0. The van der Waals surface area contributed by atoms with Crippen LogP contribution in [0, 0.1) is 0 Å². The van der Waals surface area contributed by atoms with Gasteiger partial charge in [-0.25, -0.2) is 0 Å². The predicted molar refractivity (Wildman–Crippen MR) is 119 cm³/mol. The molecule has 0 aromatic heterocycles. The predicted octanol–water partition coefficient (Wildman–Crippen LogP) is 4.16. The van der Waals surface area contributed by atoms with Crippen molar-refractivity contribution in [3.63, 3.8) is 0 Å². The van der Waals surface area contributed by atoms with Gasteiger partial charge in [0.1, 0.15) is 5.75 Å². The molecule has 0 radical (unpaired) electrons. The third-order valence-corrected chi connectivity index (χ3v) is 5.83. The number of hydrogen-bond donors (Lipinski definition) is 9. The zero-order valence-electron chi connectivity index (χ0n) is 16.6. The van der Waals surface area contributed by atoms with Gasteiger partial charge in [-0.1, -0.05) is 42.5 Å². The Morgan fingerprint density at radius 2 is 0.788 bits per heavy atom. The third kappa shape index (κ3) is 2.41. The van der Waals surface area contributed by atoms with E-state index in [1.165, 1.54) is 0 Å². The van der Waals surface area contributed by atoms with E-state index in [9.17, 15) is 46.0 Å². The second kappa shape index (κ2) is 6.54. The molecule has 9 nitrogen and oxygen atoms in total. The van der Waals surface area contributed by atoms with Crippen LogP contribution in [0.25, 0.3) is 43.4 Å². The zero-order valence-corrected chi connectivity index (χ0v) is 16.6. The van der Waals surface area contributed by atoms with Crippen LogP contribution in [0.3, 0.4) is 0 Å². The molecule has 0 fully saturated rings. The van der Waals surface area contributed by atoms with Crippen molar-refractivity contribution in [1.82, 2.24) is 0 Å². The first-order valence-corrected chi connectivity index (χ1v) is 9.58. The first kappa shape index (κ1) is 20.0. The van der Waals surface area contributed by atoms with E-state index >= 15 is 0 Å². The molecule has 0 aliphatic rings. The molecule has 0 aliphatic heterocycles. The first-order chi connectivity index (χ1) is 15.7. The molecule has 5 aromatic rings. The highest BCUT2D eigenvalue weighted by atomic mass is 16.4. The van der Waals surface area contributed by atoms with Gasteiger partial charge in [0.2, 0.25) is 23.0 Å². The molecule has 166 valence electrons. The monoisotopic (exact) mass is 448 g/mol. The number of aromatic hydroxyl groups is 9. The van der Waals surface area contributed by atoms with Crippen LogP contribution in [0.1, 0.15) is 0 Å². The molecule has 0 heterocycles. The number of hydrogen-bond acceptors (Lipinski definition) is 9. The van der Waals surface area contributed by atoms with Crippen LogP contribution in [-0.4, -0.2) is 46.0 Å². The summed E-state index contributed by atoms with van der Waals surface area (Å²) in [6, 6.07) is 12.0. The lowest BCUT2D eigenvalue weighted by Crippen LogP contribution is -1.92. The average Bonchev–Trinajstić information content (AvgIpc) is 2.82. The van der Waals surface area contributed by atoms with E-state index in [1.807, 2.05) is 0 Å². The van der Waals surface area contributed by atoms with Gasteiger partial charge in [0.25, 0.3) is 0 Å². The number of rotatable bonds is 1. The van der Waals surface area contributed by atoms with Crippen molar-refractivity contribution in [2.24, 2.45) is 0 Å². The number of fused-ring (bicyclic) bond motifs is 3. The molecular formula is C24H16O9. The Kier molecular flexibility index (Phi) is 3.96. The molecule has 0 unspecified atom stereocenters. The van der Waals surface area contributed by atoms with Crippen LogP contribution >= 0.6 is 0 Å². The zero-order chi connectivity index (χ0) is 23.8. The second-order valence-electron chi connectivity index (χ2n) is 7.54. The van der Waals surface area contributed by atoms with Crippen LogP contribution in [0.4, 0.5) is 0 Å². The molecule has 0 spiro atoms. The summed E-state index contributed by atoms with van der Waals surface area (Å²) in [5.74, 6) is -9.30. The number of benzene rings is 5. The van der Waals surface area contributed by atoms with E-state index in [4.69, 9.17) is 0 Å². The maximum Gasteiger partial charge on any atom is 0.205 e. The molecule has 5 rings (SSSR count). The SMILES string of the molecule is Oc1c(O)c(O)c2c(-c3cccc4ccccc34)c3c(O)c(O)c(O)c(O)c3c(O)c2c1O. The van der Waals surface area contributed by atoms with Gasteiger partial charge in [-0.15, -0.1) is 0 Å². The molecule has 0 bridgehead atoms. The molecule has 9 heteroatoms. The van der Waals surface area contributed by atoms with Crippen molar-refractivity contribution in [2.45, 2.75) is 0 Å². The Morgan fingerprint density at radius 1 is 0.364 bits per heavy atom. The van der Waals surface area contributed by atoms with Crippen molar-refractivity contribution < 1.29 is 46.0 Å². The fourth-order valence-electron chi connectivity index (χ4n) is 4.31. The van der Waals surface area contributed by atoms with Crippen LogP contribution in [0.15, 0.2) is 42.5 Å². The van der Waals surface area contributed by atoms with Gasteiger partial charge >= 0.3 is 0 Å². The Morgan fingerprint density at radius 3 is 1.30 bits per heavy atom. The minimum Gasteiger partial charge on any atom is -0.506 e. The van der Waals surface area contributed by atoms with E-state index in [2.05, 4.69) is 0 Å². The molecule has 0 saturated carbocycles. The van der Waals surface area contributed by atoms with Crippen molar-refractivity contribution in [3.8, 4) is 62.9 Å². The lowest BCUT2D eigenvalue weighted by atomic mass is 9.86. The smallest absolute Gasteiger partial charge is 0.205 e. The Balaban J connectivity index is 2.23. The van der Waals surface area contributed by atoms with Gasteiger partial charge in [0, 0.05) is 16.3 Å². The highest BCUT2D eigenvalue weighted by Crippen LogP contribution is 2.62. The molecule has 5 aromatic carbocycles. The van der Waals surface area contributed by atoms with Gasteiger partial charge in [-0.3, -0.25) is 0 Å². The molecule has 0 aliphatic carbocycles. The summed E-state index contributed by atoms with van der Waals surface area (Å²) in [6.07, 6.45) is 0. The number of phenols is 9. The summed E-state index contributed by atoms with van der Waals surface area (Å²) in [5, 5.41) is 93.4. The molecule has 0 saturated heterocycles. The minimum absolute atomic E-state index is 0.110. The molecular weight excluding hydrogens is 432 g/mol. The van der Waals surface area contributed by atoms with E-state index in [-0.39, 0.29) is 16.3 Å². The van der Waals surface area contributed by atoms with Crippen LogP contribution in [-0.2, 0) is 0 Å². The maximum absolute atomic E-state index is 10.9. The normalized spacial score (nSPS) is 11.5. The van der Waals surface area contributed by atoms with E-state index in [0.717, 1.165) is 5.39 Å². The van der Waals surface area contributed by atoms with Gasteiger partial charge in [-0.05, 0) is 16.3 Å². The van der Waals surface area contributed by atoms with E-state index in [0.29, 0.717) is 10.9 Å². The fourth-order valence-corrected chi connectivity index (χ4v) is 4.31. The quantitative estimate of drug-likeness (QED) is 0.103. The second-order valence-corrected chi connectivity index (χ2v) is 7.54. The summed E-state index contributed by atoms with van der Waals surface area (Å²) >= 11 is 0. The van der Waals surface area contributed by atoms with Gasteiger partial charge in [0.05, 0.1) is 10.8 Å². The standard InChI is InChI=1S/C24H16O9/c25-16-14-12(17(26)21(30)23(32)19(14)28)11(10-7-3-5-8-4-1-2-6-9(8)10)13-15(16)20(29)24(33)22(31)18(13)27/h1-7,25-33H. The van der Waals surface area contributed by atoms with Gasteiger partial charge < -0.3 is 46.0 Å². The van der Waals surface area contributed by atoms with Crippen LogP contribution < -0.4 is 0 Å². The van der Waals surface area contributed by atoms with Crippen molar-refractivity contribution in [2.75, 3.05) is 0 Å². The van der Waals surface area contributed by atoms with Crippen LogP contribution in [0.5, 0.6) is 51.7 Å². The third-order valence-electron chi connectivity index (χ3n) is 5.83. The largest absolute Gasteiger partial charge is 0.506 e. The Hall–Kier alpha value is -4.92. The van der Waals surface area contributed by atoms with E-state index in [1.54, 1.807) is 42.5 Å². The van der Waals surface area contributed by atoms with Crippen molar-refractivity contribution in [1.29, 1.82) is 0 Å². The lowest BCUT2D eigenvalue weighted by molar-refractivity contribution is 0.348. The lowest BCUT2D eigenvalue weighted by Gasteiger charge is -2.20. The van der Waals surface area contributed by atoms with Crippen molar-refractivity contribution in [3.05, 3.63) is 42.5 Å². The van der Waals surface area contributed by atoms with E-state index < -0.39 is 62.5 Å². The molecule has 0 amide bonds. The average molecular weight is 448 g/mol. The van der Waals surface area contributed by atoms with Crippen LogP contribution in [0.2, 0.25) is 0 Å². The number of phenolic OH excluding ortho intramolecular Hbond substituents is 9. The van der Waals surface area contributed by atoms with Gasteiger partial charge in [0.15, 0.2) is 23.0 Å². The highest BCUT2D eigenvalue weighted by Gasteiger charge is 2.32. The molecule has 33 heavy (non-hydrogen) atoms. The Labute approximate surface area is 184 Å². The fraction of sp³-hybridized carbons (Fsp3) is 0. The molecule has 9 N–H and O–H groups in total. The summed E-state index contributed by atoms with van der Waals surface area (Å²) in [4.78, 5) is 0. The maximum atomic E-state index is 10.9. The minimum atomic E-state index is -1.13. The topological polar surface area (TPSA) is 182 Å². The Bertz CT molecular complexity index is 1570.